The van der Waals surface area contributed by atoms with Gasteiger partial charge in [-0.25, -0.2) is 16.5 Å². The molecule has 0 spiro atoms. The zero-order valence-electron chi connectivity index (χ0n) is 8.21. The molecule has 2 amide bonds. The Balaban J connectivity index is -0.000000143. The van der Waals surface area contributed by atoms with E-state index in [1.807, 2.05) is 6.92 Å². The minimum absolute atomic E-state index is 0. The maximum absolute atomic E-state index is 9.71. The van der Waals surface area contributed by atoms with E-state index >= 15 is 0 Å². The number of nitrogens with two attached hydrogens (primary N) is 2. The van der Waals surface area contributed by atoms with Gasteiger partial charge in [-0.1, -0.05) is 13.3 Å². The number of aliphatic hydroxyl groups excluding tert-OH is 1. The van der Waals surface area contributed by atoms with E-state index in [1.165, 1.54) is 0 Å². The van der Waals surface area contributed by atoms with Crippen molar-refractivity contribution in [1.29, 1.82) is 0 Å². The molecule has 0 aliphatic carbocycles. The number of hydrogen-bond donors (Lipinski definition) is 5. The van der Waals surface area contributed by atoms with Crippen molar-refractivity contribution in [3.05, 3.63) is 0 Å². The van der Waals surface area contributed by atoms with E-state index in [0.717, 1.165) is 12.8 Å². The molecule has 0 aromatic rings. The minimum atomic E-state index is -0.602. The smallest absolute Gasteiger partial charge is 0.343 e. The van der Waals surface area contributed by atoms with Crippen molar-refractivity contribution in [2.75, 3.05) is 0 Å². The van der Waals surface area contributed by atoms with E-state index < -0.39 is 6.03 Å². The molecule has 0 saturated carbocycles. The van der Waals surface area contributed by atoms with Crippen molar-refractivity contribution in [2.24, 2.45) is 11.7 Å². The van der Waals surface area contributed by atoms with Crippen molar-refractivity contribution < 1.29 is 9.90 Å². The number of amides is 2. The summed E-state index contributed by atoms with van der Waals surface area (Å²) in [7, 11) is 0. The largest absolute Gasteiger partial charge is 0.393 e. The zero-order chi connectivity index (χ0) is 9.98. The molecule has 82 valence electrons. The lowest BCUT2D eigenvalue weighted by Crippen LogP contribution is -2.43. The lowest BCUT2D eigenvalue weighted by atomic mass is 10.2. The van der Waals surface area contributed by atoms with Gasteiger partial charge in [0.2, 0.25) is 0 Å². The highest BCUT2D eigenvalue weighted by Crippen LogP contribution is 1.91. The fourth-order valence-corrected chi connectivity index (χ4v) is 0.459. The van der Waals surface area contributed by atoms with E-state index in [1.54, 1.807) is 10.9 Å². The van der Waals surface area contributed by atoms with E-state index in [0.29, 0.717) is 0 Å². The SMILES string of the molecule is CCCC(C)O.NNC(=O)NN.P. The molecule has 0 aromatic heterocycles. The summed E-state index contributed by atoms with van der Waals surface area (Å²) >= 11 is 0. The molecule has 0 fully saturated rings. The standard InChI is InChI=1S/C5H12O.CH6N4O.H3P/c1-3-4-5(2)6;2-4-1(6)5-3;/h5-6H,3-4H2,1-2H3;2-3H2,(H2,4,5,6);1H3. The number of aliphatic hydroxyl groups is 1. The molecular formula is C6H21N4O2P. The van der Waals surface area contributed by atoms with E-state index in [4.69, 9.17) is 5.11 Å². The molecule has 7 N–H and O–H groups in total. The number of hydrogen-bond acceptors (Lipinski definition) is 4. The first-order valence-electron chi connectivity index (χ1n) is 3.73. The molecule has 0 aliphatic rings. The normalized spacial score (nSPS) is 9.92. The van der Waals surface area contributed by atoms with Crippen LogP contribution in [-0.2, 0) is 0 Å². The van der Waals surface area contributed by atoms with Gasteiger partial charge in [0.05, 0.1) is 6.10 Å². The lowest BCUT2D eigenvalue weighted by molar-refractivity contribution is 0.183. The second-order valence-electron chi connectivity index (χ2n) is 2.26. The summed E-state index contributed by atoms with van der Waals surface area (Å²) in [5, 5.41) is 8.55. The van der Waals surface area contributed by atoms with Gasteiger partial charge in [0.15, 0.2) is 0 Å². The molecule has 13 heavy (non-hydrogen) atoms. The average Bonchev–Trinajstić information content (AvgIpc) is 2.04. The number of carbonyl (C=O) groups is 1. The topological polar surface area (TPSA) is 113 Å². The van der Waals surface area contributed by atoms with Crippen LogP contribution in [0.1, 0.15) is 26.7 Å². The first-order chi connectivity index (χ1) is 5.58. The molecule has 0 heterocycles. The Hall–Kier alpha value is -0.420. The van der Waals surface area contributed by atoms with Crippen molar-refractivity contribution in [3.8, 4) is 0 Å². The van der Waals surface area contributed by atoms with Crippen LogP contribution in [0.25, 0.3) is 0 Å². The second-order valence-corrected chi connectivity index (χ2v) is 2.26. The second kappa shape index (κ2) is 14.1. The Labute approximate surface area is 82.0 Å². The van der Waals surface area contributed by atoms with Gasteiger partial charge >= 0.3 is 6.03 Å². The third-order valence-corrected chi connectivity index (χ3v) is 0.969. The summed E-state index contributed by atoms with van der Waals surface area (Å²) in [6.45, 7) is 3.87. The van der Waals surface area contributed by atoms with Crippen LogP contribution in [0.4, 0.5) is 4.79 Å². The van der Waals surface area contributed by atoms with Gasteiger partial charge in [0, 0.05) is 0 Å². The quantitative estimate of drug-likeness (QED) is 0.179. The predicted octanol–water partition coefficient (Wildman–Crippen LogP) is -0.742. The number of rotatable bonds is 2. The zero-order valence-corrected chi connectivity index (χ0v) is 9.62. The van der Waals surface area contributed by atoms with Gasteiger partial charge in [-0.05, 0) is 13.3 Å². The first kappa shape index (κ1) is 18.4. The molecule has 0 radical (unpaired) electrons. The Kier molecular flexibility index (Phi) is 20.0. The van der Waals surface area contributed by atoms with Crippen LogP contribution in [0.15, 0.2) is 0 Å². The van der Waals surface area contributed by atoms with Gasteiger partial charge in [-0.3, -0.25) is 10.9 Å². The van der Waals surface area contributed by atoms with Crippen molar-refractivity contribution in [3.63, 3.8) is 0 Å². The summed E-state index contributed by atoms with van der Waals surface area (Å²) < 4.78 is 0. The lowest BCUT2D eigenvalue weighted by Gasteiger charge is -1.95. The summed E-state index contributed by atoms with van der Waals surface area (Å²) in [5.41, 5.74) is 3.48. The van der Waals surface area contributed by atoms with Crippen molar-refractivity contribution >= 4 is 15.9 Å². The van der Waals surface area contributed by atoms with Crippen LogP contribution in [0, 0.1) is 0 Å². The molecule has 7 heteroatoms. The molecule has 0 aliphatic heterocycles. The Bertz CT molecular complexity index is 107. The Morgan fingerprint density at radius 1 is 1.46 bits per heavy atom. The molecule has 2 unspecified atom stereocenters. The predicted molar refractivity (Wildman–Crippen MR) is 57.7 cm³/mol. The highest BCUT2D eigenvalue weighted by Gasteiger charge is 1.87. The maximum Gasteiger partial charge on any atom is 0.343 e. The molecule has 0 saturated heterocycles. The van der Waals surface area contributed by atoms with Gasteiger partial charge < -0.3 is 5.11 Å². The molecule has 2 atom stereocenters. The highest BCUT2D eigenvalue weighted by atomic mass is 31.0. The maximum atomic E-state index is 9.71. The number of carbonyl (C=O) groups excluding carboxylic acids is 1. The fraction of sp³-hybridized carbons (Fsp3) is 0.833. The summed E-state index contributed by atoms with van der Waals surface area (Å²) in [4.78, 5) is 9.71. The first-order valence-corrected chi connectivity index (χ1v) is 3.73. The summed E-state index contributed by atoms with van der Waals surface area (Å²) in [6.07, 6.45) is 1.91. The van der Waals surface area contributed by atoms with Crippen LogP contribution in [0.2, 0.25) is 0 Å². The highest BCUT2D eigenvalue weighted by molar-refractivity contribution is 6.92. The molecule has 6 nitrogen and oxygen atoms in total. The molecule has 0 aromatic carbocycles. The summed E-state index contributed by atoms with van der Waals surface area (Å²) in [5.74, 6) is 9.08. The third kappa shape index (κ3) is 24.5. The Morgan fingerprint density at radius 3 is 1.85 bits per heavy atom. The molecule has 0 rings (SSSR count). The van der Waals surface area contributed by atoms with Crippen LogP contribution in [0.3, 0.4) is 0 Å². The van der Waals surface area contributed by atoms with Crippen molar-refractivity contribution in [2.45, 2.75) is 32.8 Å². The number of urea groups is 1. The number of hydrazine groups is 2. The van der Waals surface area contributed by atoms with Gasteiger partial charge in [-0.15, -0.1) is 0 Å². The molecule has 0 bridgehead atoms. The van der Waals surface area contributed by atoms with Crippen molar-refractivity contribution in [1.82, 2.24) is 10.9 Å². The van der Waals surface area contributed by atoms with Crippen LogP contribution >= 0.6 is 9.90 Å². The van der Waals surface area contributed by atoms with Crippen LogP contribution in [-0.4, -0.2) is 17.2 Å². The third-order valence-electron chi connectivity index (χ3n) is 0.969. The summed E-state index contributed by atoms with van der Waals surface area (Å²) in [6, 6.07) is -0.602. The van der Waals surface area contributed by atoms with E-state index in [2.05, 4.69) is 18.6 Å². The van der Waals surface area contributed by atoms with Gasteiger partial charge in [0.1, 0.15) is 0 Å². The molecular weight excluding hydrogens is 191 g/mol. The number of nitrogens with one attached hydrogen (secondary N) is 2. The van der Waals surface area contributed by atoms with Gasteiger partial charge in [0.25, 0.3) is 0 Å². The average molecular weight is 212 g/mol. The monoisotopic (exact) mass is 212 g/mol. The Morgan fingerprint density at radius 2 is 1.85 bits per heavy atom. The minimum Gasteiger partial charge on any atom is -0.393 e. The van der Waals surface area contributed by atoms with E-state index in [-0.39, 0.29) is 16.0 Å². The van der Waals surface area contributed by atoms with E-state index in [9.17, 15) is 4.79 Å². The van der Waals surface area contributed by atoms with Crippen LogP contribution < -0.4 is 22.5 Å². The fourth-order valence-electron chi connectivity index (χ4n) is 0.459. The van der Waals surface area contributed by atoms with Crippen LogP contribution in [0.5, 0.6) is 0 Å². The van der Waals surface area contributed by atoms with Gasteiger partial charge in [-0.2, -0.15) is 9.90 Å².